The number of anilines is 1. The summed E-state index contributed by atoms with van der Waals surface area (Å²) in [7, 11) is -2.29. The molecule has 0 atom stereocenters. The fourth-order valence-corrected chi connectivity index (χ4v) is 7.19. The predicted octanol–water partition coefficient (Wildman–Crippen LogP) is 4.45. The molecule has 2 aliphatic carbocycles. The number of sulfonamides is 1. The second-order valence-electron chi connectivity index (χ2n) is 8.91. The van der Waals surface area contributed by atoms with Crippen LogP contribution in [0.5, 0.6) is 5.75 Å². The number of nitrogens with zero attached hydrogens (tertiary/aromatic N) is 1. The molecule has 1 aromatic heterocycles. The van der Waals surface area contributed by atoms with Gasteiger partial charge in [-0.2, -0.15) is 0 Å². The van der Waals surface area contributed by atoms with Gasteiger partial charge in [-0.1, -0.05) is 30.6 Å². The van der Waals surface area contributed by atoms with E-state index < -0.39 is 10.0 Å². The molecule has 176 valence electrons. The van der Waals surface area contributed by atoms with Crippen LogP contribution in [0.15, 0.2) is 23.1 Å². The molecule has 0 bridgehead atoms. The van der Waals surface area contributed by atoms with Gasteiger partial charge >= 0.3 is 0 Å². The zero-order valence-corrected chi connectivity index (χ0v) is 20.4. The largest absolute Gasteiger partial charge is 0.495 e. The van der Waals surface area contributed by atoms with Gasteiger partial charge in [0, 0.05) is 12.1 Å². The zero-order valence-electron chi connectivity index (χ0n) is 18.8. The maximum Gasteiger partial charge on any atom is 0.244 e. The highest BCUT2D eigenvalue weighted by Crippen LogP contribution is 2.37. The van der Waals surface area contributed by atoms with Crippen LogP contribution in [0.3, 0.4) is 0 Å². The molecule has 3 N–H and O–H groups in total. The van der Waals surface area contributed by atoms with Crippen LogP contribution < -0.4 is 14.8 Å². The second-order valence-corrected chi connectivity index (χ2v) is 11.6. The smallest absolute Gasteiger partial charge is 0.244 e. The first kappa shape index (κ1) is 23.5. The van der Waals surface area contributed by atoms with Crippen LogP contribution in [-0.2, 0) is 10.0 Å². The molecule has 0 saturated heterocycles. The van der Waals surface area contributed by atoms with Crippen LogP contribution in [0.4, 0.5) is 5.13 Å². The van der Waals surface area contributed by atoms with Crippen LogP contribution in [0.25, 0.3) is 10.4 Å². The van der Waals surface area contributed by atoms with Gasteiger partial charge < -0.3 is 15.2 Å². The lowest BCUT2D eigenvalue weighted by Crippen LogP contribution is -2.38. The SMILES string of the molecule is COc1ccc(-c2sc(NC3CCCCC3)nc2C)cc1S(=O)(=O)N[C@H]1CC[C@@H](O)CC1. The van der Waals surface area contributed by atoms with Gasteiger partial charge in [0.25, 0.3) is 0 Å². The van der Waals surface area contributed by atoms with Crippen molar-refractivity contribution in [3.05, 3.63) is 23.9 Å². The summed E-state index contributed by atoms with van der Waals surface area (Å²) in [6, 6.07) is 5.58. The van der Waals surface area contributed by atoms with E-state index in [9.17, 15) is 13.5 Å². The quantitative estimate of drug-likeness (QED) is 0.542. The summed E-state index contributed by atoms with van der Waals surface area (Å²) in [6.45, 7) is 1.96. The number of aryl methyl sites for hydroxylation is 1. The molecule has 0 amide bonds. The Morgan fingerprint density at radius 3 is 2.47 bits per heavy atom. The van der Waals surface area contributed by atoms with Gasteiger partial charge in [-0.05, 0) is 69.2 Å². The van der Waals surface area contributed by atoms with Crippen molar-refractivity contribution < 1.29 is 18.3 Å². The van der Waals surface area contributed by atoms with Crippen molar-refractivity contribution in [1.29, 1.82) is 0 Å². The summed E-state index contributed by atoms with van der Waals surface area (Å²) in [5.41, 5.74) is 1.70. The minimum absolute atomic E-state index is 0.137. The van der Waals surface area contributed by atoms with Crippen molar-refractivity contribution in [2.24, 2.45) is 0 Å². The summed E-state index contributed by atoms with van der Waals surface area (Å²) in [4.78, 5) is 5.80. The van der Waals surface area contributed by atoms with Crippen LogP contribution in [-0.4, -0.2) is 43.8 Å². The molecule has 1 aromatic carbocycles. The van der Waals surface area contributed by atoms with Gasteiger partial charge in [0.2, 0.25) is 10.0 Å². The third-order valence-corrected chi connectivity index (χ3v) is 9.14. The number of aliphatic hydroxyl groups is 1. The molecule has 2 aromatic rings. The van der Waals surface area contributed by atoms with E-state index >= 15 is 0 Å². The minimum atomic E-state index is -3.77. The van der Waals surface area contributed by atoms with Gasteiger partial charge in [0.05, 0.1) is 23.8 Å². The van der Waals surface area contributed by atoms with E-state index in [1.807, 2.05) is 13.0 Å². The first-order chi connectivity index (χ1) is 15.4. The fourth-order valence-electron chi connectivity index (χ4n) is 4.65. The van der Waals surface area contributed by atoms with E-state index in [2.05, 4.69) is 10.0 Å². The third-order valence-electron chi connectivity index (χ3n) is 6.46. The molecule has 0 aliphatic heterocycles. The second kappa shape index (κ2) is 10.1. The average Bonchev–Trinajstić information content (AvgIpc) is 3.15. The molecular weight excluding hydrogens is 446 g/mol. The van der Waals surface area contributed by atoms with Crippen LogP contribution >= 0.6 is 11.3 Å². The summed E-state index contributed by atoms with van der Waals surface area (Å²) < 4.78 is 34.6. The zero-order chi connectivity index (χ0) is 22.7. The van der Waals surface area contributed by atoms with E-state index in [4.69, 9.17) is 9.72 Å². The van der Waals surface area contributed by atoms with Gasteiger partial charge in [-0.25, -0.2) is 18.1 Å². The molecule has 7 nitrogen and oxygen atoms in total. The van der Waals surface area contributed by atoms with E-state index in [-0.39, 0.29) is 17.0 Å². The topological polar surface area (TPSA) is 101 Å². The number of aromatic nitrogens is 1. The number of thiazole rings is 1. The van der Waals surface area contributed by atoms with Gasteiger partial charge in [0.1, 0.15) is 10.6 Å². The number of hydrogen-bond acceptors (Lipinski definition) is 7. The Labute approximate surface area is 194 Å². The van der Waals surface area contributed by atoms with Crippen LogP contribution in [0.2, 0.25) is 0 Å². The maximum atomic E-state index is 13.2. The predicted molar refractivity (Wildman–Crippen MR) is 128 cm³/mol. The van der Waals surface area contributed by atoms with Crippen molar-refractivity contribution in [2.75, 3.05) is 12.4 Å². The van der Waals surface area contributed by atoms with E-state index in [0.29, 0.717) is 37.5 Å². The Morgan fingerprint density at radius 2 is 1.78 bits per heavy atom. The van der Waals surface area contributed by atoms with Crippen molar-refractivity contribution in [1.82, 2.24) is 9.71 Å². The highest BCUT2D eigenvalue weighted by atomic mass is 32.2. The number of nitrogens with one attached hydrogen (secondary N) is 2. The highest BCUT2D eigenvalue weighted by Gasteiger charge is 2.28. The molecule has 2 aliphatic rings. The van der Waals surface area contributed by atoms with E-state index in [0.717, 1.165) is 21.3 Å². The Balaban J connectivity index is 1.57. The van der Waals surface area contributed by atoms with Crippen molar-refractivity contribution in [3.63, 3.8) is 0 Å². The Bertz CT molecular complexity index is 1020. The van der Waals surface area contributed by atoms with E-state index in [1.54, 1.807) is 23.5 Å². The minimum Gasteiger partial charge on any atom is -0.495 e. The van der Waals surface area contributed by atoms with Crippen molar-refractivity contribution in [3.8, 4) is 16.2 Å². The Hall–Kier alpha value is -1.68. The summed E-state index contributed by atoms with van der Waals surface area (Å²) >= 11 is 1.57. The molecule has 0 spiro atoms. The summed E-state index contributed by atoms with van der Waals surface area (Å²) in [5.74, 6) is 0.319. The molecule has 2 saturated carbocycles. The summed E-state index contributed by atoms with van der Waals surface area (Å²) in [5, 5.41) is 14.2. The number of ether oxygens (including phenoxy) is 1. The molecule has 32 heavy (non-hydrogen) atoms. The molecule has 1 heterocycles. The van der Waals surface area contributed by atoms with Crippen LogP contribution in [0.1, 0.15) is 63.5 Å². The molecule has 9 heteroatoms. The fraction of sp³-hybridized carbons (Fsp3) is 0.609. The third kappa shape index (κ3) is 5.44. The highest BCUT2D eigenvalue weighted by molar-refractivity contribution is 7.89. The average molecular weight is 480 g/mol. The lowest BCUT2D eigenvalue weighted by Gasteiger charge is -2.26. The molecule has 0 radical (unpaired) electrons. The Kier molecular flexibility index (Phi) is 7.39. The number of aliphatic hydroxyl groups excluding tert-OH is 1. The molecule has 0 unspecified atom stereocenters. The van der Waals surface area contributed by atoms with Crippen molar-refractivity contribution >= 4 is 26.5 Å². The van der Waals surface area contributed by atoms with Crippen LogP contribution in [0, 0.1) is 6.92 Å². The standard InChI is InChI=1S/C23H33N3O4S2/c1-15-22(31-23(24-15)25-17-6-4-3-5-7-17)16-8-13-20(30-2)21(14-16)32(28,29)26-18-9-11-19(27)12-10-18/h8,13-14,17-19,26-27H,3-7,9-12H2,1-2H3,(H,24,25)/t18-,19+. The van der Waals surface area contributed by atoms with E-state index in [1.165, 1.54) is 39.2 Å². The number of rotatable bonds is 7. The lowest BCUT2D eigenvalue weighted by atomic mass is 9.94. The maximum absolute atomic E-state index is 13.2. The monoisotopic (exact) mass is 479 g/mol. The molecule has 4 rings (SSSR count). The molecular formula is C23H33N3O4S2. The lowest BCUT2D eigenvalue weighted by molar-refractivity contribution is 0.120. The molecule has 2 fully saturated rings. The number of methoxy groups -OCH3 is 1. The van der Waals surface area contributed by atoms with Gasteiger partial charge in [0.15, 0.2) is 5.13 Å². The first-order valence-electron chi connectivity index (χ1n) is 11.5. The van der Waals surface area contributed by atoms with Crippen molar-refractivity contribution in [2.45, 2.75) is 87.8 Å². The normalized spacial score (nSPS) is 22.6. The first-order valence-corrected chi connectivity index (χ1v) is 13.8. The Morgan fingerprint density at radius 1 is 1.06 bits per heavy atom. The van der Waals surface area contributed by atoms with Gasteiger partial charge in [-0.15, -0.1) is 0 Å². The number of benzene rings is 1. The summed E-state index contributed by atoms with van der Waals surface area (Å²) in [6.07, 6.45) is 8.30. The number of hydrogen-bond donors (Lipinski definition) is 3. The van der Waals surface area contributed by atoms with Gasteiger partial charge in [-0.3, -0.25) is 0 Å².